The number of amides is 1. The number of aryl methyl sites for hydroxylation is 1. The number of hydrogen-bond donors (Lipinski definition) is 0. The van der Waals surface area contributed by atoms with Gasteiger partial charge in [-0.05, 0) is 67.5 Å². The number of ether oxygens (including phenoxy) is 1. The highest BCUT2D eigenvalue weighted by molar-refractivity contribution is 5.70. The van der Waals surface area contributed by atoms with E-state index in [1.807, 2.05) is 24.5 Å². The lowest BCUT2D eigenvalue weighted by molar-refractivity contribution is -0.137. The Morgan fingerprint density at radius 1 is 1.10 bits per heavy atom. The maximum absolute atomic E-state index is 12.8. The predicted molar refractivity (Wildman–Crippen MR) is 104 cm³/mol. The van der Waals surface area contributed by atoms with Crippen LogP contribution in [0.15, 0.2) is 48.8 Å². The van der Waals surface area contributed by atoms with Crippen LogP contribution in [-0.4, -0.2) is 29.1 Å². The lowest BCUT2D eigenvalue weighted by Gasteiger charge is -2.31. The van der Waals surface area contributed by atoms with Crippen LogP contribution < -0.4 is 4.74 Å². The fourth-order valence-electron chi connectivity index (χ4n) is 3.62. The third-order valence-corrected chi connectivity index (χ3v) is 5.32. The van der Waals surface area contributed by atoms with Crippen LogP contribution in [0.25, 0.3) is 0 Å². The van der Waals surface area contributed by atoms with Gasteiger partial charge in [0.25, 0.3) is 0 Å². The van der Waals surface area contributed by atoms with Gasteiger partial charge >= 0.3 is 12.3 Å². The zero-order valence-corrected chi connectivity index (χ0v) is 16.2. The van der Waals surface area contributed by atoms with E-state index in [2.05, 4.69) is 4.98 Å². The molecule has 0 bridgehead atoms. The van der Waals surface area contributed by atoms with Gasteiger partial charge in [0.2, 0.25) is 0 Å². The molecule has 3 rings (SSSR count). The molecule has 0 saturated carbocycles. The topological polar surface area (TPSA) is 42.4 Å². The monoisotopic (exact) mass is 406 g/mol. The molecule has 0 aliphatic carbocycles. The molecule has 2 heterocycles. The molecule has 1 aliphatic heterocycles. The first-order valence-electron chi connectivity index (χ1n) is 9.95. The molecule has 156 valence electrons. The van der Waals surface area contributed by atoms with Gasteiger partial charge in [0, 0.05) is 25.5 Å². The van der Waals surface area contributed by atoms with E-state index in [0.29, 0.717) is 19.0 Å². The van der Waals surface area contributed by atoms with Crippen molar-refractivity contribution in [2.45, 2.75) is 44.7 Å². The zero-order chi connectivity index (χ0) is 20.7. The smallest absolute Gasteiger partial charge is 0.410 e. The van der Waals surface area contributed by atoms with Crippen LogP contribution >= 0.6 is 0 Å². The molecule has 0 N–H and O–H groups in total. The number of carbonyl (C=O) groups excluding carboxylic acids is 1. The van der Waals surface area contributed by atoms with Gasteiger partial charge in [-0.25, -0.2) is 4.79 Å². The number of pyridine rings is 1. The normalized spacial score (nSPS) is 15.3. The molecule has 0 atom stereocenters. The standard InChI is InChI=1S/C22H25F3N2O2/c23-22(24,25)19-6-3-7-20(16-19)29-21(28)27-14-10-18(11-15-27)5-2-1-4-17-8-12-26-13-9-17/h3,6-9,12-13,16,18H,1-2,4-5,10-11,14-15H2. The van der Waals surface area contributed by atoms with Crippen LogP contribution in [-0.2, 0) is 12.6 Å². The second-order valence-electron chi connectivity index (χ2n) is 7.43. The molecule has 1 aromatic heterocycles. The number of halogens is 3. The van der Waals surface area contributed by atoms with Gasteiger partial charge in [-0.1, -0.05) is 18.9 Å². The summed E-state index contributed by atoms with van der Waals surface area (Å²) in [6.07, 6.45) is 4.81. The molecule has 1 aliphatic rings. The third kappa shape index (κ3) is 6.48. The molecule has 1 aromatic carbocycles. The first kappa shape index (κ1) is 21.1. The fourth-order valence-corrected chi connectivity index (χ4v) is 3.62. The van der Waals surface area contributed by atoms with Crippen molar-refractivity contribution >= 4 is 6.09 Å². The molecule has 29 heavy (non-hydrogen) atoms. The summed E-state index contributed by atoms with van der Waals surface area (Å²) in [5.74, 6) is 0.494. The Kier molecular flexibility index (Phi) is 7.12. The molecule has 4 nitrogen and oxygen atoms in total. The highest BCUT2D eigenvalue weighted by Gasteiger charge is 2.31. The number of aromatic nitrogens is 1. The van der Waals surface area contributed by atoms with Gasteiger partial charge in [-0.15, -0.1) is 0 Å². The summed E-state index contributed by atoms with van der Waals surface area (Å²) in [6, 6.07) is 8.49. The second-order valence-corrected chi connectivity index (χ2v) is 7.43. The summed E-state index contributed by atoms with van der Waals surface area (Å²) in [4.78, 5) is 17.9. The largest absolute Gasteiger partial charge is 0.416 e. The molecule has 1 fully saturated rings. The van der Waals surface area contributed by atoms with Gasteiger partial charge in [0.1, 0.15) is 5.75 Å². The van der Waals surface area contributed by atoms with E-state index < -0.39 is 17.8 Å². The Hall–Kier alpha value is -2.57. The van der Waals surface area contributed by atoms with Crippen LogP contribution in [0.4, 0.5) is 18.0 Å². The second kappa shape index (κ2) is 9.76. The van der Waals surface area contributed by atoms with E-state index in [9.17, 15) is 18.0 Å². The number of benzene rings is 1. The van der Waals surface area contributed by atoms with Crippen LogP contribution in [0.3, 0.4) is 0 Å². The summed E-state index contributed by atoms with van der Waals surface area (Å²) in [6.45, 7) is 1.15. The molecule has 2 aromatic rings. The highest BCUT2D eigenvalue weighted by Crippen LogP contribution is 2.31. The first-order chi connectivity index (χ1) is 13.9. The Bertz CT molecular complexity index is 788. The molecule has 0 unspecified atom stereocenters. The number of rotatable bonds is 6. The summed E-state index contributed by atoms with van der Waals surface area (Å²) in [5.41, 5.74) is 0.473. The molecule has 0 radical (unpaired) electrons. The number of piperidine rings is 1. The SMILES string of the molecule is O=C(Oc1cccc(C(F)(F)F)c1)N1CCC(CCCCc2ccncc2)CC1. The van der Waals surface area contributed by atoms with Gasteiger partial charge < -0.3 is 9.64 Å². The van der Waals surface area contributed by atoms with Gasteiger partial charge in [-0.2, -0.15) is 13.2 Å². The summed E-state index contributed by atoms with van der Waals surface area (Å²) < 4.78 is 43.5. The van der Waals surface area contributed by atoms with Crippen LogP contribution in [0.1, 0.15) is 43.2 Å². The number of nitrogens with zero attached hydrogens (tertiary/aromatic N) is 2. The van der Waals surface area contributed by atoms with Crippen LogP contribution in [0, 0.1) is 5.92 Å². The molecular weight excluding hydrogens is 381 g/mol. The fraction of sp³-hybridized carbons (Fsp3) is 0.455. The van der Waals surface area contributed by atoms with Crippen molar-refractivity contribution < 1.29 is 22.7 Å². The predicted octanol–water partition coefficient (Wildman–Crippen LogP) is 5.72. The molecular formula is C22H25F3N2O2. The molecule has 1 amide bonds. The highest BCUT2D eigenvalue weighted by atomic mass is 19.4. The van der Waals surface area contributed by atoms with Crippen molar-refractivity contribution in [2.24, 2.45) is 5.92 Å². The van der Waals surface area contributed by atoms with Gasteiger partial charge in [-0.3, -0.25) is 4.98 Å². The summed E-state index contributed by atoms with van der Waals surface area (Å²) in [5, 5.41) is 0. The van der Waals surface area contributed by atoms with E-state index in [0.717, 1.165) is 50.7 Å². The van der Waals surface area contributed by atoms with E-state index in [1.54, 1.807) is 4.90 Å². The number of unbranched alkanes of at least 4 members (excludes halogenated alkanes) is 1. The Labute approximate surface area is 168 Å². The van der Waals surface area contributed by atoms with Crippen molar-refractivity contribution in [3.05, 3.63) is 59.9 Å². The van der Waals surface area contributed by atoms with Crippen molar-refractivity contribution in [2.75, 3.05) is 13.1 Å². The maximum Gasteiger partial charge on any atom is 0.416 e. The summed E-state index contributed by atoms with van der Waals surface area (Å²) in [7, 11) is 0. The van der Waals surface area contributed by atoms with E-state index in [4.69, 9.17) is 4.74 Å². The third-order valence-electron chi connectivity index (χ3n) is 5.32. The number of carbonyl (C=O) groups is 1. The van der Waals surface area contributed by atoms with Crippen molar-refractivity contribution in [3.8, 4) is 5.75 Å². The maximum atomic E-state index is 12.8. The molecule has 7 heteroatoms. The lowest BCUT2D eigenvalue weighted by Crippen LogP contribution is -2.40. The van der Waals surface area contributed by atoms with Crippen molar-refractivity contribution in [1.82, 2.24) is 9.88 Å². The number of likely N-dealkylation sites (tertiary alicyclic amines) is 1. The minimum Gasteiger partial charge on any atom is -0.410 e. The number of alkyl halides is 3. The summed E-state index contributed by atoms with van der Waals surface area (Å²) >= 11 is 0. The van der Waals surface area contributed by atoms with Crippen molar-refractivity contribution in [1.29, 1.82) is 0 Å². The first-order valence-corrected chi connectivity index (χ1v) is 9.95. The average Bonchev–Trinajstić information content (AvgIpc) is 2.72. The van der Waals surface area contributed by atoms with Crippen molar-refractivity contribution in [3.63, 3.8) is 0 Å². The average molecular weight is 406 g/mol. The van der Waals surface area contributed by atoms with Crippen LogP contribution in [0.5, 0.6) is 5.75 Å². The van der Waals surface area contributed by atoms with E-state index >= 15 is 0 Å². The van der Waals surface area contributed by atoms with E-state index in [1.165, 1.54) is 17.7 Å². The van der Waals surface area contributed by atoms with E-state index in [-0.39, 0.29) is 5.75 Å². The van der Waals surface area contributed by atoms with Gasteiger partial charge in [0.15, 0.2) is 0 Å². The Balaban J connectivity index is 1.38. The number of hydrogen-bond acceptors (Lipinski definition) is 3. The minimum atomic E-state index is -4.46. The minimum absolute atomic E-state index is 0.0805. The quantitative estimate of drug-likeness (QED) is 0.576. The zero-order valence-electron chi connectivity index (χ0n) is 16.2. The lowest BCUT2D eigenvalue weighted by atomic mass is 9.91. The Morgan fingerprint density at radius 3 is 2.52 bits per heavy atom. The Morgan fingerprint density at radius 2 is 1.83 bits per heavy atom. The van der Waals surface area contributed by atoms with Crippen LogP contribution in [0.2, 0.25) is 0 Å². The van der Waals surface area contributed by atoms with Gasteiger partial charge in [0.05, 0.1) is 5.56 Å². The molecule has 0 spiro atoms. The molecule has 1 saturated heterocycles.